The third-order valence-corrected chi connectivity index (χ3v) is 4.55. The van der Waals surface area contributed by atoms with Crippen LogP contribution in [0.4, 0.5) is 5.69 Å². The molecule has 3 rings (SSSR count). The van der Waals surface area contributed by atoms with Gasteiger partial charge in [0, 0.05) is 25.8 Å². The van der Waals surface area contributed by atoms with Crippen LogP contribution < -0.4 is 10.2 Å². The Bertz CT molecular complexity index is 881. The van der Waals surface area contributed by atoms with E-state index in [9.17, 15) is 4.79 Å². The van der Waals surface area contributed by atoms with Crippen LogP contribution >= 0.6 is 11.6 Å². The van der Waals surface area contributed by atoms with Crippen molar-refractivity contribution in [2.75, 3.05) is 25.0 Å². The molecule has 0 radical (unpaired) electrons. The van der Waals surface area contributed by atoms with Crippen LogP contribution in [0.3, 0.4) is 0 Å². The van der Waals surface area contributed by atoms with E-state index in [-0.39, 0.29) is 11.6 Å². The molecule has 6 nitrogen and oxygen atoms in total. The van der Waals surface area contributed by atoms with Crippen molar-refractivity contribution in [1.82, 2.24) is 20.3 Å². The van der Waals surface area contributed by atoms with Crippen molar-refractivity contribution in [2.24, 2.45) is 0 Å². The maximum Gasteiger partial charge on any atom is 0.273 e. The largest absolute Gasteiger partial charge is 0.375 e. The Morgan fingerprint density at radius 3 is 2.63 bits per heavy atom. The van der Waals surface area contributed by atoms with E-state index in [1.54, 1.807) is 12.3 Å². The molecule has 0 saturated heterocycles. The van der Waals surface area contributed by atoms with Crippen LogP contribution in [0, 0.1) is 0 Å². The number of nitrogens with one attached hydrogen (secondary N) is 1. The fraction of sp³-hybridized carbons (Fsp3) is 0.250. The maximum atomic E-state index is 12.2. The molecule has 0 unspecified atom stereocenters. The summed E-state index contributed by atoms with van der Waals surface area (Å²) >= 11 is 6.14. The van der Waals surface area contributed by atoms with Crippen molar-refractivity contribution in [3.05, 3.63) is 71.5 Å². The fourth-order valence-corrected chi connectivity index (χ4v) is 2.92. The van der Waals surface area contributed by atoms with Gasteiger partial charge in [-0.2, -0.15) is 0 Å². The number of hydrogen-bond acceptors (Lipinski definition) is 4. The number of anilines is 1. The highest BCUT2D eigenvalue weighted by molar-refractivity contribution is 6.32. The third-order valence-electron chi connectivity index (χ3n) is 4.23. The van der Waals surface area contributed by atoms with Crippen molar-refractivity contribution >= 4 is 23.2 Å². The number of para-hydroxylation sites is 2. The lowest BCUT2D eigenvalue weighted by Crippen LogP contribution is -2.26. The van der Waals surface area contributed by atoms with E-state index in [0.717, 1.165) is 19.4 Å². The first-order valence-corrected chi connectivity index (χ1v) is 9.24. The molecule has 3 aromatic rings. The van der Waals surface area contributed by atoms with Gasteiger partial charge >= 0.3 is 0 Å². The van der Waals surface area contributed by atoms with E-state index in [1.165, 1.54) is 10.4 Å². The SMILES string of the molecule is CN(CCCCNC(=O)c1cn(-c2ccccc2Cl)nn1)c1ccccc1. The first-order valence-electron chi connectivity index (χ1n) is 8.87. The van der Waals surface area contributed by atoms with Crippen LogP contribution in [-0.4, -0.2) is 41.0 Å². The Hall–Kier alpha value is -2.86. The molecule has 0 aliphatic rings. The second-order valence-electron chi connectivity index (χ2n) is 6.22. The molecule has 1 heterocycles. The number of carbonyl (C=O) groups is 1. The van der Waals surface area contributed by atoms with Gasteiger partial charge in [-0.15, -0.1) is 5.10 Å². The predicted octanol–water partition coefficient (Wildman–Crippen LogP) is 3.57. The molecule has 1 aromatic heterocycles. The zero-order valence-electron chi connectivity index (χ0n) is 15.2. The molecule has 0 bridgehead atoms. The molecule has 27 heavy (non-hydrogen) atoms. The second kappa shape index (κ2) is 9.19. The van der Waals surface area contributed by atoms with Gasteiger partial charge in [-0.05, 0) is 37.1 Å². The molecule has 0 aliphatic heterocycles. The highest BCUT2D eigenvalue weighted by Gasteiger charge is 2.12. The number of unbranched alkanes of at least 4 members (excludes halogenated alkanes) is 1. The van der Waals surface area contributed by atoms with Gasteiger partial charge in [0.15, 0.2) is 5.69 Å². The molecule has 1 N–H and O–H groups in total. The zero-order chi connectivity index (χ0) is 19.1. The monoisotopic (exact) mass is 383 g/mol. The van der Waals surface area contributed by atoms with Gasteiger partial charge in [0.1, 0.15) is 0 Å². The molecule has 0 saturated carbocycles. The van der Waals surface area contributed by atoms with Crippen LogP contribution in [0.15, 0.2) is 60.8 Å². The lowest BCUT2D eigenvalue weighted by molar-refractivity contribution is 0.0948. The predicted molar refractivity (Wildman–Crippen MR) is 108 cm³/mol. The van der Waals surface area contributed by atoms with Crippen molar-refractivity contribution in [3.8, 4) is 5.69 Å². The summed E-state index contributed by atoms with van der Waals surface area (Å²) in [5.74, 6) is -0.232. The van der Waals surface area contributed by atoms with Crippen molar-refractivity contribution in [3.63, 3.8) is 0 Å². The normalized spacial score (nSPS) is 10.6. The second-order valence-corrected chi connectivity index (χ2v) is 6.63. The van der Waals surface area contributed by atoms with Crippen LogP contribution in [0.5, 0.6) is 0 Å². The quantitative estimate of drug-likeness (QED) is 0.604. The van der Waals surface area contributed by atoms with E-state index < -0.39 is 0 Å². The number of nitrogens with zero attached hydrogens (tertiary/aromatic N) is 4. The van der Waals surface area contributed by atoms with Gasteiger partial charge < -0.3 is 10.2 Å². The Labute approximate surface area is 163 Å². The van der Waals surface area contributed by atoms with E-state index >= 15 is 0 Å². The molecule has 140 valence electrons. The number of halogens is 1. The Balaban J connectivity index is 1.43. The first-order chi connectivity index (χ1) is 13.1. The van der Waals surface area contributed by atoms with Crippen LogP contribution in [0.2, 0.25) is 5.02 Å². The number of amides is 1. The summed E-state index contributed by atoms with van der Waals surface area (Å²) in [6.45, 7) is 1.53. The maximum absolute atomic E-state index is 12.2. The van der Waals surface area contributed by atoms with Crippen molar-refractivity contribution in [1.29, 1.82) is 0 Å². The smallest absolute Gasteiger partial charge is 0.273 e. The number of benzene rings is 2. The highest BCUT2D eigenvalue weighted by Crippen LogP contribution is 2.18. The zero-order valence-corrected chi connectivity index (χ0v) is 15.9. The summed E-state index contributed by atoms with van der Waals surface area (Å²) in [6, 6.07) is 17.5. The number of rotatable bonds is 8. The highest BCUT2D eigenvalue weighted by atomic mass is 35.5. The van der Waals surface area contributed by atoms with Gasteiger partial charge in [-0.3, -0.25) is 4.79 Å². The fourth-order valence-electron chi connectivity index (χ4n) is 2.70. The topological polar surface area (TPSA) is 63.1 Å². The summed E-state index contributed by atoms with van der Waals surface area (Å²) in [4.78, 5) is 14.4. The minimum atomic E-state index is -0.232. The van der Waals surface area contributed by atoms with Crippen LogP contribution in [0.25, 0.3) is 5.69 Å². The van der Waals surface area contributed by atoms with Crippen LogP contribution in [0.1, 0.15) is 23.3 Å². The van der Waals surface area contributed by atoms with E-state index in [0.29, 0.717) is 17.3 Å². The molecular formula is C20H22ClN5O. The Morgan fingerprint density at radius 1 is 1.11 bits per heavy atom. The Morgan fingerprint density at radius 2 is 1.85 bits per heavy atom. The summed E-state index contributed by atoms with van der Waals surface area (Å²) in [5, 5.41) is 11.4. The van der Waals surface area contributed by atoms with Gasteiger partial charge in [0.25, 0.3) is 5.91 Å². The molecule has 2 aromatic carbocycles. The average molecular weight is 384 g/mol. The lowest BCUT2D eigenvalue weighted by Gasteiger charge is -2.18. The van der Waals surface area contributed by atoms with Gasteiger partial charge in [-0.1, -0.05) is 47.1 Å². The summed E-state index contributed by atoms with van der Waals surface area (Å²) in [5.41, 5.74) is 2.16. The summed E-state index contributed by atoms with van der Waals surface area (Å²) in [6.07, 6.45) is 3.46. The Kier molecular flexibility index (Phi) is 6.44. The van der Waals surface area contributed by atoms with Crippen molar-refractivity contribution in [2.45, 2.75) is 12.8 Å². The summed E-state index contributed by atoms with van der Waals surface area (Å²) < 4.78 is 1.51. The minimum absolute atomic E-state index is 0.232. The van der Waals surface area contributed by atoms with Gasteiger partial charge in [0.05, 0.1) is 16.9 Å². The van der Waals surface area contributed by atoms with E-state index in [4.69, 9.17) is 11.6 Å². The first kappa shape index (κ1) is 18.9. The van der Waals surface area contributed by atoms with Gasteiger partial charge in [0.2, 0.25) is 0 Å². The number of carbonyl (C=O) groups excluding carboxylic acids is 1. The van der Waals surface area contributed by atoms with E-state index in [1.807, 2.05) is 36.4 Å². The number of aromatic nitrogens is 3. The standard InChI is InChI=1S/C20H22ClN5O/c1-25(16-9-3-2-4-10-16)14-8-7-13-22-20(27)18-15-26(24-23-18)19-12-6-5-11-17(19)21/h2-6,9-12,15H,7-8,13-14H2,1H3,(H,22,27). The molecular weight excluding hydrogens is 362 g/mol. The summed E-state index contributed by atoms with van der Waals surface area (Å²) in [7, 11) is 2.07. The van der Waals surface area contributed by atoms with Crippen molar-refractivity contribution < 1.29 is 4.79 Å². The minimum Gasteiger partial charge on any atom is -0.375 e. The molecule has 1 amide bonds. The van der Waals surface area contributed by atoms with Gasteiger partial charge in [-0.25, -0.2) is 4.68 Å². The molecule has 0 spiro atoms. The average Bonchev–Trinajstić information content (AvgIpc) is 3.18. The molecule has 7 heteroatoms. The molecule has 0 aliphatic carbocycles. The number of hydrogen-bond donors (Lipinski definition) is 1. The third kappa shape index (κ3) is 5.08. The van der Waals surface area contributed by atoms with Crippen LogP contribution in [-0.2, 0) is 0 Å². The molecule has 0 atom stereocenters. The lowest BCUT2D eigenvalue weighted by atomic mass is 10.2. The van der Waals surface area contributed by atoms with E-state index in [2.05, 4.69) is 39.7 Å². The molecule has 0 fully saturated rings.